The van der Waals surface area contributed by atoms with Gasteiger partial charge in [0, 0.05) is 25.0 Å². The lowest BCUT2D eigenvalue weighted by Gasteiger charge is -2.59. The summed E-state index contributed by atoms with van der Waals surface area (Å²) in [6.07, 6.45) is 12.9. The van der Waals surface area contributed by atoms with Crippen molar-refractivity contribution in [1.29, 1.82) is 0 Å². The van der Waals surface area contributed by atoms with Gasteiger partial charge in [-0.15, -0.1) is 0 Å². The molecule has 1 heterocycles. The van der Waals surface area contributed by atoms with Crippen LogP contribution in [0.2, 0.25) is 0 Å². The first kappa shape index (κ1) is 12.8. The van der Waals surface area contributed by atoms with Crippen molar-refractivity contribution >= 4 is 0 Å². The van der Waals surface area contributed by atoms with E-state index in [1.54, 1.807) is 0 Å². The van der Waals surface area contributed by atoms with E-state index in [1.165, 1.54) is 44.1 Å². The molecule has 1 unspecified atom stereocenters. The summed E-state index contributed by atoms with van der Waals surface area (Å²) >= 11 is 0. The Balaban J connectivity index is 1.44. The fraction of sp³-hybridized carbons (Fsp3) is 0.722. The summed E-state index contributed by atoms with van der Waals surface area (Å²) in [6.45, 7) is 3.40. The van der Waals surface area contributed by atoms with Crippen LogP contribution in [0.15, 0.2) is 24.5 Å². The van der Waals surface area contributed by atoms with Gasteiger partial charge in [-0.25, -0.2) is 0 Å². The van der Waals surface area contributed by atoms with Crippen LogP contribution in [0.1, 0.15) is 51.0 Å². The predicted octanol–water partition coefficient (Wildman–Crippen LogP) is 3.78. The number of hydrogen-bond acceptors (Lipinski definition) is 2. The van der Waals surface area contributed by atoms with Crippen LogP contribution in [-0.4, -0.2) is 11.0 Å². The van der Waals surface area contributed by atoms with Crippen molar-refractivity contribution in [3.05, 3.63) is 30.1 Å². The van der Waals surface area contributed by atoms with Crippen LogP contribution in [0.4, 0.5) is 0 Å². The van der Waals surface area contributed by atoms with Gasteiger partial charge in [0.1, 0.15) is 0 Å². The number of pyridine rings is 1. The van der Waals surface area contributed by atoms with Crippen molar-refractivity contribution in [1.82, 2.24) is 10.3 Å². The molecule has 4 bridgehead atoms. The van der Waals surface area contributed by atoms with Gasteiger partial charge in [0.15, 0.2) is 0 Å². The Kier molecular flexibility index (Phi) is 3.10. The molecule has 1 aromatic heterocycles. The standard InChI is InChI=1S/C18H26N2/c1-13(20-12-14-3-2-4-19-11-14)18-8-15-5-16(9-18)7-17(6-15)10-18/h2-4,11,13,15-17,20H,5-10,12H2,1H3. The molecule has 108 valence electrons. The first-order valence-corrected chi connectivity index (χ1v) is 8.36. The Bertz CT molecular complexity index is 432. The molecule has 0 spiro atoms. The maximum Gasteiger partial charge on any atom is 0.0312 e. The minimum absolute atomic E-state index is 0.608. The molecule has 4 fully saturated rings. The van der Waals surface area contributed by atoms with E-state index in [1.807, 2.05) is 18.5 Å². The highest BCUT2D eigenvalue weighted by Crippen LogP contribution is 2.61. The van der Waals surface area contributed by atoms with Gasteiger partial charge < -0.3 is 5.32 Å². The van der Waals surface area contributed by atoms with Gasteiger partial charge in [-0.05, 0) is 80.2 Å². The Morgan fingerprint density at radius 1 is 1.20 bits per heavy atom. The molecule has 2 nitrogen and oxygen atoms in total. The van der Waals surface area contributed by atoms with E-state index >= 15 is 0 Å². The molecule has 0 radical (unpaired) electrons. The van der Waals surface area contributed by atoms with Gasteiger partial charge in [0.2, 0.25) is 0 Å². The largest absolute Gasteiger partial charge is 0.310 e. The Hall–Kier alpha value is -0.890. The summed E-state index contributed by atoms with van der Waals surface area (Å²) in [5.41, 5.74) is 1.92. The minimum atomic E-state index is 0.608. The molecule has 1 atom stereocenters. The van der Waals surface area contributed by atoms with Gasteiger partial charge in [0.25, 0.3) is 0 Å². The Labute approximate surface area is 122 Å². The van der Waals surface area contributed by atoms with Crippen LogP contribution >= 0.6 is 0 Å². The van der Waals surface area contributed by atoms with E-state index in [2.05, 4.69) is 23.3 Å². The second kappa shape index (κ2) is 4.84. The molecule has 1 aromatic rings. The molecule has 4 aliphatic rings. The van der Waals surface area contributed by atoms with Gasteiger partial charge >= 0.3 is 0 Å². The SMILES string of the molecule is CC(NCc1cccnc1)C12CC3CC(CC(C3)C1)C2. The maximum atomic E-state index is 4.21. The van der Waals surface area contributed by atoms with Gasteiger partial charge in [0.05, 0.1) is 0 Å². The zero-order chi connectivity index (χ0) is 13.6. The topological polar surface area (TPSA) is 24.9 Å². The highest BCUT2D eigenvalue weighted by atomic mass is 14.9. The molecule has 1 N–H and O–H groups in total. The molecule has 5 rings (SSSR count). The molecular weight excluding hydrogens is 244 g/mol. The van der Waals surface area contributed by atoms with Crippen molar-refractivity contribution in [3.63, 3.8) is 0 Å². The van der Waals surface area contributed by atoms with Crippen molar-refractivity contribution in [2.75, 3.05) is 0 Å². The summed E-state index contributed by atoms with van der Waals surface area (Å²) in [7, 11) is 0. The van der Waals surface area contributed by atoms with Crippen LogP contribution in [0, 0.1) is 23.2 Å². The lowest BCUT2D eigenvalue weighted by molar-refractivity contribution is -0.0706. The molecule has 0 amide bonds. The van der Waals surface area contributed by atoms with Crippen LogP contribution in [0.3, 0.4) is 0 Å². The lowest BCUT2D eigenvalue weighted by Crippen LogP contribution is -2.54. The van der Waals surface area contributed by atoms with E-state index in [0.29, 0.717) is 11.5 Å². The average molecular weight is 270 g/mol. The van der Waals surface area contributed by atoms with Crippen LogP contribution in [0.5, 0.6) is 0 Å². The molecule has 4 saturated carbocycles. The summed E-state index contributed by atoms with van der Waals surface area (Å²) in [5, 5.41) is 3.82. The van der Waals surface area contributed by atoms with Gasteiger partial charge in [-0.1, -0.05) is 6.07 Å². The first-order chi connectivity index (χ1) is 9.73. The summed E-state index contributed by atoms with van der Waals surface area (Å²) < 4.78 is 0. The molecule has 0 aromatic carbocycles. The fourth-order valence-corrected chi connectivity index (χ4v) is 5.70. The average Bonchev–Trinajstić information content (AvgIpc) is 2.44. The quantitative estimate of drug-likeness (QED) is 0.900. The van der Waals surface area contributed by atoms with Crippen molar-refractivity contribution in [3.8, 4) is 0 Å². The zero-order valence-corrected chi connectivity index (χ0v) is 12.5. The molecule has 20 heavy (non-hydrogen) atoms. The highest BCUT2D eigenvalue weighted by molar-refractivity contribution is 5.10. The van der Waals surface area contributed by atoms with Crippen LogP contribution in [-0.2, 0) is 6.54 Å². The van der Waals surface area contributed by atoms with E-state index in [0.717, 1.165) is 24.3 Å². The van der Waals surface area contributed by atoms with E-state index in [9.17, 15) is 0 Å². The Morgan fingerprint density at radius 2 is 1.85 bits per heavy atom. The second-order valence-corrected chi connectivity index (χ2v) is 7.74. The van der Waals surface area contributed by atoms with Crippen molar-refractivity contribution in [2.45, 2.75) is 58.0 Å². The monoisotopic (exact) mass is 270 g/mol. The Morgan fingerprint density at radius 3 is 2.40 bits per heavy atom. The first-order valence-electron chi connectivity index (χ1n) is 8.36. The second-order valence-electron chi connectivity index (χ2n) is 7.74. The molecule has 0 saturated heterocycles. The zero-order valence-electron chi connectivity index (χ0n) is 12.5. The van der Waals surface area contributed by atoms with Crippen molar-refractivity contribution in [2.24, 2.45) is 23.2 Å². The number of nitrogens with zero attached hydrogens (tertiary/aromatic N) is 1. The molecule has 0 aliphatic heterocycles. The van der Waals surface area contributed by atoms with Gasteiger partial charge in [-0.2, -0.15) is 0 Å². The smallest absolute Gasteiger partial charge is 0.0312 e. The normalized spacial score (nSPS) is 40.0. The maximum absolute atomic E-state index is 4.21. The fourth-order valence-electron chi connectivity index (χ4n) is 5.70. The minimum Gasteiger partial charge on any atom is -0.310 e. The number of hydrogen-bond donors (Lipinski definition) is 1. The summed E-state index contributed by atoms with van der Waals surface area (Å²) in [5.74, 6) is 3.14. The third-order valence-electron chi connectivity index (χ3n) is 6.34. The third-order valence-corrected chi connectivity index (χ3v) is 6.34. The van der Waals surface area contributed by atoms with Crippen LogP contribution in [0.25, 0.3) is 0 Å². The third kappa shape index (κ3) is 2.18. The van der Waals surface area contributed by atoms with Gasteiger partial charge in [-0.3, -0.25) is 4.98 Å². The molecule has 2 heteroatoms. The van der Waals surface area contributed by atoms with E-state index in [-0.39, 0.29) is 0 Å². The van der Waals surface area contributed by atoms with Crippen LogP contribution < -0.4 is 5.32 Å². The number of rotatable bonds is 4. The van der Waals surface area contributed by atoms with E-state index < -0.39 is 0 Å². The molecular formula is C18H26N2. The number of nitrogens with one attached hydrogen (secondary N) is 1. The highest BCUT2D eigenvalue weighted by Gasteiger charge is 2.52. The predicted molar refractivity (Wildman–Crippen MR) is 81.1 cm³/mol. The summed E-state index contributed by atoms with van der Waals surface area (Å²) in [4.78, 5) is 4.21. The van der Waals surface area contributed by atoms with Crippen molar-refractivity contribution < 1.29 is 0 Å². The summed E-state index contributed by atoms with van der Waals surface area (Å²) in [6, 6.07) is 4.86. The lowest BCUT2D eigenvalue weighted by atomic mass is 9.48. The molecule has 4 aliphatic carbocycles. The van der Waals surface area contributed by atoms with E-state index in [4.69, 9.17) is 0 Å². The number of aromatic nitrogens is 1.